The van der Waals surface area contributed by atoms with Gasteiger partial charge in [0, 0.05) is 36.5 Å². The molecule has 1 saturated heterocycles. The van der Waals surface area contributed by atoms with Gasteiger partial charge < -0.3 is 14.7 Å². The number of benzene rings is 1. The number of nitrogens with zero attached hydrogens (tertiary/aromatic N) is 3. The molecule has 0 bridgehead atoms. The van der Waals surface area contributed by atoms with Crippen LogP contribution in [0.1, 0.15) is 27.9 Å². The van der Waals surface area contributed by atoms with Gasteiger partial charge in [0.05, 0.1) is 12.8 Å². The molecule has 0 amide bonds. The molecule has 1 unspecified atom stereocenters. The van der Waals surface area contributed by atoms with E-state index in [0.717, 1.165) is 16.8 Å². The number of hydrogen-bond acceptors (Lipinski definition) is 6. The quantitative estimate of drug-likeness (QED) is 0.911. The highest BCUT2D eigenvalue weighted by Gasteiger charge is 2.52. The lowest BCUT2D eigenvalue weighted by Crippen LogP contribution is -2.48. The molecule has 2 aliphatic rings. The Bertz CT molecular complexity index is 922. The Morgan fingerprint density at radius 2 is 2.00 bits per heavy atom. The number of amidine groups is 1. The fourth-order valence-electron chi connectivity index (χ4n) is 3.42. The molecule has 0 spiro atoms. The van der Waals surface area contributed by atoms with E-state index >= 15 is 0 Å². The van der Waals surface area contributed by atoms with Crippen molar-refractivity contribution in [2.45, 2.75) is 25.9 Å². The predicted molar refractivity (Wildman–Crippen MR) is 95.0 cm³/mol. The number of carbonyl (C=O) groups is 1. The molecule has 25 heavy (non-hydrogen) atoms. The number of aliphatic imine (C=N–C) groups is 1. The number of aryl methyl sites for hydroxylation is 2. The molecule has 3 heterocycles. The number of hydrogen-bond donors (Lipinski definition) is 1. The van der Waals surface area contributed by atoms with Crippen LogP contribution in [-0.2, 0) is 0 Å². The number of methoxy groups -OCH3 is 1. The van der Waals surface area contributed by atoms with Gasteiger partial charge in [-0.3, -0.25) is 4.79 Å². The van der Waals surface area contributed by atoms with Crippen molar-refractivity contribution in [2.24, 2.45) is 4.99 Å². The van der Waals surface area contributed by atoms with Crippen LogP contribution in [0, 0.1) is 13.8 Å². The summed E-state index contributed by atoms with van der Waals surface area (Å²) in [4.78, 5) is 23.6. The number of anilines is 1. The van der Waals surface area contributed by atoms with Gasteiger partial charge in [0.25, 0.3) is 0 Å². The first-order valence-corrected chi connectivity index (χ1v) is 8.19. The normalized spacial score (nSPS) is 21.7. The summed E-state index contributed by atoms with van der Waals surface area (Å²) < 4.78 is 5.17. The van der Waals surface area contributed by atoms with Crippen molar-refractivity contribution in [1.82, 2.24) is 4.98 Å². The van der Waals surface area contributed by atoms with Crippen LogP contribution in [-0.4, -0.2) is 41.0 Å². The molecule has 6 heteroatoms. The second-order valence-electron chi connectivity index (χ2n) is 6.54. The molecular formula is C19H19N3O3. The van der Waals surface area contributed by atoms with Crippen molar-refractivity contribution in [3.63, 3.8) is 0 Å². The second kappa shape index (κ2) is 5.39. The Balaban J connectivity index is 1.86. The van der Waals surface area contributed by atoms with Gasteiger partial charge in [-0.2, -0.15) is 0 Å². The summed E-state index contributed by atoms with van der Waals surface area (Å²) in [5.74, 6) is 0.572. The maximum atomic E-state index is 13.0. The Morgan fingerprint density at radius 1 is 1.24 bits per heavy atom. The van der Waals surface area contributed by atoms with Crippen molar-refractivity contribution in [1.29, 1.82) is 0 Å². The van der Waals surface area contributed by atoms with Gasteiger partial charge in [-0.1, -0.05) is 0 Å². The summed E-state index contributed by atoms with van der Waals surface area (Å²) in [7, 11) is 1.55. The van der Waals surface area contributed by atoms with E-state index in [0.29, 0.717) is 35.9 Å². The number of fused-ring (bicyclic) bond motifs is 2. The van der Waals surface area contributed by atoms with E-state index in [1.165, 1.54) is 0 Å². The monoisotopic (exact) mass is 337 g/mol. The lowest BCUT2D eigenvalue weighted by atomic mass is 9.86. The highest BCUT2D eigenvalue weighted by Crippen LogP contribution is 2.40. The minimum atomic E-state index is -1.58. The maximum absolute atomic E-state index is 13.0. The number of pyridine rings is 1. The van der Waals surface area contributed by atoms with Gasteiger partial charge in [0.15, 0.2) is 5.60 Å². The molecule has 1 fully saturated rings. The maximum Gasteiger partial charge on any atom is 0.214 e. The van der Waals surface area contributed by atoms with Crippen LogP contribution in [0.15, 0.2) is 35.5 Å². The Hall–Kier alpha value is -2.73. The molecule has 6 nitrogen and oxygen atoms in total. The molecule has 0 saturated carbocycles. The molecule has 1 atom stereocenters. The van der Waals surface area contributed by atoms with Crippen molar-refractivity contribution in [3.8, 4) is 5.88 Å². The predicted octanol–water partition coefficient (Wildman–Crippen LogP) is 2.57. The Kier molecular flexibility index (Phi) is 3.40. The molecule has 2 aromatic rings. The SMILES string of the molecule is COc1cc(N2CCC3(O)C(=O)c4cc(C)c(C)cc4N=C23)ccn1. The third-order valence-electron chi connectivity index (χ3n) is 5.02. The van der Waals surface area contributed by atoms with Gasteiger partial charge in [0.1, 0.15) is 5.84 Å². The second-order valence-corrected chi connectivity index (χ2v) is 6.54. The third kappa shape index (κ3) is 2.25. The molecular weight excluding hydrogens is 318 g/mol. The average Bonchev–Trinajstić information content (AvgIpc) is 2.95. The van der Waals surface area contributed by atoms with Crippen molar-refractivity contribution in [3.05, 3.63) is 47.2 Å². The molecule has 0 radical (unpaired) electrons. The van der Waals surface area contributed by atoms with Gasteiger partial charge in [0.2, 0.25) is 11.7 Å². The highest BCUT2D eigenvalue weighted by atomic mass is 16.5. The molecule has 2 aliphatic heterocycles. The van der Waals surface area contributed by atoms with E-state index in [-0.39, 0.29) is 5.78 Å². The van der Waals surface area contributed by atoms with E-state index in [4.69, 9.17) is 4.74 Å². The first kappa shape index (κ1) is 15.8. The zero-order valence-electron chi connectivity index (χ0n) is 14.4. The lowest BCUT2D eigenvalue weighted by molar-refractivity contribution is 0.0602. The van der Waals surface area contributed by atoms with Crippen LogP contribution in [0.25, 0.3) is 0 Å². The number of ether oxygens (including phenoxy) is 1. The minimum absolute atomic E-state index is 0.279. The molecule has 1 aromatic heterocycles. The van der Waals surface area contributed by atoms with Crippen molar-refractivity contribution in [2.75, 3.05) is 18.6 Å². The zero-order chi connectivity index (χ0) is 17.8. The summed E-state index contributed by atoms with van der Waals surface area (Å²) in [6, 6.07) is 7.31. The fraction of sp³-hybridized carbons (Fsp3) is 0.316. The summed E-state index contributed by atoms with van der Waals surface area (Å²) in [5.41, 5.74) is 2.40. The van der Waals surface area contributed by atoms with Crippen LogP contribution < -0.4 is 9.64 Å². The molecule has 4 rings (SSSR count). The topological polar surface area (TPSA) is 75.0 Å². The van der Waals surface area contributed by atoms with E-state index in [9.17, 15) is 9.90 Å². The number of ketones is 1. The first-order valence-electron chi connectivity index (χ1n) is 8.19. The first-order chi connectivity index (χ1) is 11.9. The number of rotatable bonds is 2. The standard InChI is InChI=1S/C19H19N3O3/c1-11-8-14-15(9-12(11)2)21-18-19(24,17(14)23)5-7-22(18)13-4-6-20-16(10-13)25-3/h4,6,8-10,24H,5,7H2,1-3H3. The van der Waals surface area contributed by atoms with E-state index in [1.807, 2.05) is 36.9 Å². The van der Waals surface area contributed by atoms with Gasteiger partial charge in [-0.25, -0.2) is 9.98 Å². The third-order valence-corrected chi connectivity index (χ3v) is 5.02. The number of aromatic nitrogens is 1. The lowest BCUT2D eigenvalue weighted by Gasteiger charge is -2.30. The van der Waals surface area contributed by atoms with Gasteiger partial charge in [-0.05, 0) is 43.2 Å². The molecule has 1 N–H and O–H groups in total. The smallest absolute Gasteiger partial charge is 0.214 e. The van der Waals surface area contributed by atoms with Crippen molar-refractivity contribution < 1.29 is 14.6 Å². The van der Waals surface area contributed by atoms with Gasteiger partial charge >= 0.3 is 0 Å². The number of aliphatic hydroxyl groups is 1. The fourth-order valence-corrected chi connectivity index (χ4v) is 3.42. The van der Waals surface area contributed by atoms with E-state index < -0.39 is 5.60 Å². The largest absolute Gasteiger partial charge is 0.481 e. The van der Waals surface area contributed by atoms with Crippen LogP contribution in [0.4, 0.5) is 11.4 Å². The van der Waals surface area contributed by atoms with Gasteiger partial charge in [-0.15, -0.1) is 0 Å². The summed E-state index contributed by atoms with van der Waals surface area (Å²) in [5, 5.41) is 11.1. The molecule has 0 aliphatic carbocycles. The molecule has 128 valence electrons. The Morgan fingerprint density at radius 3 is 2.76 bits per heavy atom. The Labute approximate surface area is 145 Å². The molecule has 1 aromatic carbocycles. The summed E-state index contributed by atoms with van der Waals surface area (Å²) in [6.07, 6.45) is 1.94. The van der Waals surface area contributed by atoms with Crippen molar-refractivity contribution >= 4 is 23.0 Å². The van der Waals surface area contributed by atoms with Crippen LogP contribution in [0.2, 0.25) is 0 Å². The van der Waals surface area contributed by atoms with Crippen LogP contribution in [0.3, 0.4) is 0 Å². The minimum Gasteiger partial charge on any atom is -0.481 e. The van der Waals surface area contributed by atoms with Crippen LogP contribution >= 0.6 is 0 Å². The number of Topliss-reactive ketones (excluding diaryl/α,β-unsaturated/α-hetero) is 1. The highest BCUT2D eigenvalue weighted by molar-refractivity contribution is 6.28. The summed E-state index contributed by atoms with van der Waals surface area (Å²) in [6.45, 7) is 4.44. The zero-order valence-corrected chi connectivity index (χ0v) is 14.4. The van der Waals surface area contributed by atoms with E-state index in [2.05, 4.69) is 9.98 Å². The summed E-state index contributed by atoms with van der Waals surface area (Å²) >= 11 is 0. The van der Waals surface area contributed by atoms with Crippen LogP contribution in [0.5, 0.6) is 5.88 Å². The van der Waals surface area contributed by atoms with E-state index in [1.54, 1.807) is 19.4 Å². The average molecular weight is 337 g/mol. The number of carbonyl (C=O) groups excluding carboxylic acids is 1.